The lowest BCUT2D eigenvalue weighted by atomic mass is 10.2. The van der Waals surface area contributed by atoms with Crippen molar-refractivity contribution in [3.05, 3.63) is 60.2 Å². The first-order chi connectivity index (χ1) is 11.1. The van der Waals surface area contributed by atoms with E-state index >= 15 is 0 Å². The molecule has 8 heteroatoms. The summed E-state index contributed by atoms with van der Waals surface area (Å²) in [5.41, 5.74) is 1.53. The summed E-state index contributed by atoms with van der Waals surface area (Å²) in [6.45, 7) is 0.429. The summed E-state index contributed by atoms with van der Waals surface area (Å²) in [6, 6.07) is 15.8. The fourth-order valence-electron chi connectivity index (χ4n) is 1.73. The Balaban J connectivity index is 1.78. The van der Waals surface area contributed by atoms with E-state index in [1.54, 1.807) is 48.5 Å². The fourth-order valence-corrected chi connectivity index (χ4v) is 1.92. The van der Waals surface area contributed by atoms with Gasteiger partial charge in [-0.1, -0.05) is 30.3 Å². The largest absolute Gasteiger partial charge is 0.417 e. The molecule has 2 rings (SSSR count). The maximum atomic E-state index is 11.7. The van der Waals surface area contributed by atoms with Crippen molar-refractivity contribution in [2.45, 2.75) is 6.54 Å². The van der Waals surface area contributed by atoms with E-state index in [4.69, 9.17) is 9.29 Å². The third kappa shape index (κ3) is 6.57. The highest BCUT2D eigenvalue weighted by Gasteiger charge is 2.04. The molecule has 0 aliphatic heterocycles. The summed E-state index contributed by atoms with van der Waals surface area (Å²) < 4.78 is 28.3. The topological polar surface area (TPSA) is 96.9 Å². The number of carbonyl (C=O) groups excluding carboxylic acids is 1. The molecule has 0 saturated carbocycles. The average molecular weight is 336 g/mol. The van der Waals surface area contributed by atoms with Crippen molar-refractivity contribution in [3.8, 4) is 5.75 Å². The van der Waals surface area contributed by atoms with Gasteiger partial charge in [0.2, 0.25) is 0 Å². The SMILES string of the molecule is O=C(Nc1ccc(CNCOS(=O)O)cc1)Oc1ccccc1. The number of ether oxygens (including phenoxy) is 1. The van der Waals surface area contributed by atoms with Gasteiger partial charge in [-0.05, 0) is 29.8 Å². The molecule has 23 heavy (non-hydrogen) atoms. The van der Waals surface area contributed by atoms with E-state index in [0.717, 1.165) is 5.56 Å². The predicted octanol–water partition coefficient (Wildman–Crippen LogP) is 2.50. The minimum atomic E-state index is -2.27. The predicted molar refractivity (Wildman–Crippen MR) is 86.1 cm³/mol. The van der Waals surface area contributed by atoms with Crippen LogP contribution in [0.15, 0.2) is 54.6 Å². The van der Waals surface area contributed by atoms with Gasteiger partial charge >= 0.3 is 17.5 Å². The lowest BCUT2D eigenvalue weighted by molar-refractivity contribution is 0.215. The highest BCUT2D eigenvalue weighted by atomic mass is 32.2. The van der Waals surface area contributed by atoms with Gasteiger partial charge in [0.1, 0.15) is 12.5 Å². The first-order valence-electron chi connectivity index (χ1n) is 6.71. The van der Waals surface area contributed by atoms with Crippen molar-refractivity contribution in [1.29, 1.82) is 0 Å². The second-order valence-corrected chi connectivity index (χ2v) is 5.10. The van der Waals surface area contributed by atoms with Crippen LogP contribution in [0.25, 0.3) is 0 Å². The summed E-state index contributed by atoms with van der Waals surface area (Å²) in [5, 5.41) is 5.46. The number of hydrogen-bond acceptors (Lipinski definition) is 5. The normalized spacial score (nSPS) is 11.7. The standard InChI is InChI=1S/C15H16N2O5S/c18-15(22-14-4-2-1-3-5-14)17-13-8-6-12(7-9-13)10-16-11-21-23(19)20/h1-9,16H,10-11H2,(H,17,18)(H,19,20). The zero-order chi connectivity index (χ0) is 16.5. The number of anilines is 1. The van der Waals surface area contributed by atoms with Gasteiger partial charge in [0.05, 0.1) is 0 Å². The van der Waals surface area contributed by atoms with E-state index in [2.05, 4.69) is 14.8 Å². The van der Waals surface area contributed by atoms with Crippen molar-refractivity contribution in [1.82, 2.24) is 5.32 Å². The number of benzene rings is 2. The van der Waals surface area contributed by atoms with E-state index in [0.29, 0.717) is 18.0 Å². The first-order valence-corrected chi connectivity index (χ1v) is 7.74. The molecule has 0 aromatic heterocycles. The second-order valence-electron chi connectivity index (χ2n) is 4.43. The summed E-state index contributed by atoms with van der Waals surface area (Å²) in [7, 11) is 0. The number of para-hydroxylation sites is 1. The third-order valence-electron chi connectivity index (χ3n) is 2.75. The molecule has 2 aromatic rings. The van der Waals surface area contributed by atoms with E-state index < -0.39 is 17.5 Å². The zero-order valence-electron chi connectivity index (χ0n) is 12.1. The van der Waals surface area contributed by atoms with Gasteiger partial charge in [-0.15, -0.1) is 0 Å². The Morgan fingerprint density at radius 1 is 1.09 bits per heavy atom. The van der Waals surface area contributed by atoms with E-state index in [1.165, 1.54) is 0 Å². The maximum Gasteiger partial charge on any atom is 0.417 e. The Morgan fingerprint density at radius 3 is 2.43 bits per heavy atom. The molecule has 0 bridgehead atoms. The minimum absolute atomic E-state index is 0.0352. The molecule has 0 heterocycles. The lowest BCUT2D eigenvalue weighted by Gasteiger charge is -2.08. The number of amides is 1. The molecule has 1 atom stereocenters. The van der Waals surface area contributed by atoms with Crippen LogP contribution in [-0.4, -0.2) is 21.6 Å². The van der Waals surface area contributed by atoms with Crippen LogP contribution < -0.4 is 15.4 Å². The van der Waals surface area contributed by atoms with Crippen molar-refractivity contribution in [3.63, 3.8) is 0 Å². The van der Waals surface area contributed by atoms with Crippen LogP contribution in [0.1, 0.15) is 5.56 Å². The van der Waals surface area contributed by atoms with Crippen molar-refractivity contribution in [2.24, 2.45) is 0 Å². The van der Waals surface area contributed by atoms with Crippen LogP contribution in [-0.2, 0) is 22.1 Å². The number of hydrogen-bond donors (Lipinski definition) is 3. The molecule has 0 aliphatic rings. The van der Waals surface area contributed by atoms with E-state index in [1.807, 2.05) is 6.07 Å². The van der Waals surface area contributed by atoms with Crippen LogP contribution in [0.2, 0.25) is 0 Å². The third-order valence-corrected chi connectivity index (χ3v) is 3.06. The van der Waals surface area contributed by atoms with Gasteiger partial charge in [-0.3, -0.25) is 19.4 Å². The van der Waals surface area contributed by atoms with E-state index in [9.17, 15) is 9.00 Å². The number of rotatable bonds is 7. The van der Waals surface area contributed by atoms with Crippen LogP contribution in [0.3, 0.4) is 0 Å². The molecular weight excluding hydrogens is 320 g/mol. The van der Waals surface area contributed by atoms with Crippen LogP contribution >= 0.6 is 0 Å². The van der Waals surface area contributed by atoms with Gasteiger partial charge in [0.25, 0.3) is 0 Å². The van der Waals surface area contributed by atoms with E-state index in [-0.39, 0.29) is 6.73 Å². The maximum absolute atomic E-state index is 11.7. The van der Waals surface area contributed by atoms with Crippen molar-refractivity contribution in [2.75, 3.05) is 12.0 Å². The highest BCUT2D eigenvalue weighted by molar-refractivity contribution is 7.74. The van der Waals surface area contributed by atoms with Crippen LogP contribution in [0.4, 0.5) is 10.5 Å². The molecule has 7 nitrogen and oxygen atoms in total. The average Bonchev–Trinajstić information content (AvgIpc) is 2.54. The quantitative estimate of drug-likeness (QED) is 0.408. The molecular formula is C15H16N2O5S. The van der Waals surface area contributed by atoms with Crippen molar-refractivity contribution < 1.29 is 22.5 Å². The Hall–Kier alpha value is -2.26. The highest BCUT2D eigenvalue weighted by Crippen LogP contribution is 2.12. The lowest BCUT2D eigenvalue weighted by Crippen LogP contribution is -2.18. The molecule has 1 unspecified atom stereocenters. The van der Waals surface area contributed by atoms with Crippen molar-refractivity contribution >= 4 is 23.1 Å². The fraction of sp³-hybridized carbons (Fsp3) is 0.133. The molecule has 0 fully saturated rings. The first kappa shape index (κ1) is 17.1. The summed E-state index contributed by atoms with van der Waals surface area (Å²) in [5.74, 6) is 0.465. The summed E-state index contributed by atoms with van der Waals surface area (Å²) in [6.07, 6.45) is -0.569. The molecule has 0 saturated heterocycles. The Morgan fingerprint density at radius 2 is 1.78 bits per heavy atom. The summed E-state index contributed by atoms with van der Waals surface area (Å²) >= 11 is -2.27. The van der Waals surface area contributed by atoms with Gasteiger partial charge in [0.15, 0.2) is 0 Å². The number of carbonyl (C=O) groups is 1. The minimum Gasteiger partial charge on any atom is -0.410 e. The zero-order valence-corrected chi connectivity index (χ0v) is 12.9. The molecule has 2 aromatic carbocycles. The molecule has 3 N–H and O–H groups in total. The smallest absolute Gasteiger partial charge is 0.410 e. The van der Waals surface area contributed by atoms with Gasteiger partial charge < -0.3 is 4.74 Å². The van der Waals surface area contributed by atoms with Crippen LogP contribution in [0.5, 0.6) is 5.75 Å². The Bertz CT molecular complexity index is 649. The molecule has 0 aliphatic carbocycles. The second kappa shape index (κ2) is 9.01. The van der Waals surface area contributed by atoms with Gasteiger partial charge in [-0.2, -0.15) is 4.21 Å². The molecule has 0 spiro atoms. The number of nitrogens with one attached hydrogen (secondary N) is 2. The molecule has 122 valence electrons. The summed E-state index contributed by atoms with van der Waals surface area (Å²) in [4.78, 5) is 11.7. The Kier molecular flexibility index (Phi) is 6.70. The Labute approximate surface area is 136 Å². The molecule has 0 radical (unpaired) electrons. The monoisotopic (exact) mass is 336 g/mol. The molecule has 1 amide bonds. The van der Waals surface area contributed by atoms with Crippen LogP contribution in [0, 0.1) is 0 Å². The van der Waals surface area contributed by atoms with Gasteiger partial charge in [-0.25, -0.2) is 4.79 Å². The van der Waals surface area contributed by atoms with Gasteiger partial charge in [0, 0.05) is 12.2 Å².